The van der Waals surface area contributed by atoms with Gasteiger partial charge in [-0.1, -0.05) is 47.5 Å². The molecule has 0 fully saturated rings. The zero-order valence-corrected chi connectivity index (χ0v) is 17.0. The molecule has 0 aliphatic heterocycles. The topological polar surface area (TPSA) is 18.5 Å². The van der Waals surface area contributed by atoms with E-state index in [-0.39, 0.29) is 0 Å². The molecular weight excluding hydrogens is 308 g/mol. The molecule has 0 heterocycles. The van der Waals surface area contributed by atoms with Gasteiger partial charge in [0.2, 0.25) is 0 Å². The quantitative estimate of drug-likeness (QED) is 0.634. The van der Waals surface area contributed by atoms with Crippen LogP contribution in [0.2, 0.25) is 0 Å². The second-order valence-corrected chi connectivity index (χ2v) is 6.86. The maximum atomic E-state index is 5.56. The molecule has 0 atom stereocenters. The molecule has 2 nitrogen and oxygen atoms in total. The average molecular weight is 343 g/mol. The highest BCUT2D eigenvalue weighted by Gasteiger charge is 2.00. The predicted octanol–water partition coefficient (Wildman–Crippen LogP) is 6.07. The van der Waals surface area contributed by atoms with Gasteiger partial charge in [0, 0.05) is 6.61 Å². The van der Waals surface area contributed by atoms with E-state index in [1.54, 1.807) is 0 Å². The van der Waals surface area contributed by atoms with Gasteiger partial charge in [-0.2, -0.15) is 0 Å². The first-order chi connectivity index (χ1) is 11.8. The van der Waals surface area contributed by atoms with E-state index in [4.69, 9.17) is 9.47 Å². The Labute approximate surface area is 154 Å². The van der Waals surface area contributed by atoms with E-state index in [0.29, 0.717) is 6.10 Å². The minimum atomic E-state index is 0.305. The van der Waals surface area contributed by atoms with E-state index >= 15 is 0 Å². The third-order valence-electron chi connectivity index (χ3n) is 4.04. The van der Waals surface area contributed by atoms with Gasteiger partial charge in [0.25, 0.3) is 0 Å². The molecule has 0 saturated heterocycles. The smallest absolute Gasteiger partial charge is 0.0723 e. The standard InChI is InChI=1S/C12H18O.C11H16O/c1-9(2)13-8-12-7-10(3)5-6-11(12)4;1-4-12-8-11-7-9(2)5-6-10(11)3/h5-7,9H,8H2,1-4H3;5-7H,4,8H2,1-3H3. The molecule has 0 bridgehead atoms. The molecule has 2 aromatic carbocycles. The molecule has 0 N–H and O–H groups in total. The van der Waals surface area contributed by atoms with E-state index in [1.165, 1.54) is 33.4 Å². The third-order valence-corrected chi connectivity index (χ3v) is 4.04. The maximum absolute atomic E-state index is 5.56. The molecule has 0 amide bonds. The van der Waals surface area contributed by atoms with Crippen LogP contribution in [-0.4, -0.2) is 12.7 Å². The zero-order valence-electron chi connectivity index (χ0n) is 17.0. The fourth-order valence-corrected chi connectivity index (χ4v) is 2.38. The summed E-state index contributed by atoms with van der Waals surface area (Å²) in [6.45, 7) is 16.9. The first-order valence-corrected chi connectivity index (χ1v) is 9.15. The lowest BCUT2D eigenvalue weighted by atomic mass is 10.1. The lowest BCUT2D eigenvalue weighted by Crippen LogP contribution is -2.03. The van der Waals surface area contributed by atoms with Crippen molar-refractivity contribution in [2.45, 2.75) is 67.8 Å². The highest BCUT2D eigenvalue weighted by atomic mass is 16.5. The molecule has 0 spiro atoms. The van der Waals surface area contributed by atoms with Gasteiger partial charge in [-0.25, -0.2) is 0 Å². The van der Waals surface area contributed by atoms with Crippen molar-refractivity contribution in [1.82, 2.24) is 0 Å². The van der Waals surface area contributed by atoms with Crippen LogP contribution in [0.3, 0.4) is 0 Å². The monoisotopic (exact) mass is 342 g/mol. The van der Waals surface area contributed by atoms with Gasteiger partial charge in [-0.3, -0.25) is 0 Å². The van der Waals surface area contributed by atoms with Crippen LogP contribution in [0.25, 0.3) is 0 Å². The number of hydrogen-bond donors (Lipinski definition) is 0. The van der Waals surface area contributed by atoms with Gasteiger partial charge in [-0.05, 0) is 70.7 Å². The first kappa shape index (κ1) is 21.4. The van der Waals surface area contributed by atoms with E-state index in [1.807, 2.05) is 6.92 Å². The van der Waals surface area contributed by atoms with Crippen LogP contribution in [0.5, 0.6) is 0 Å². The zero-order chi connectivity index (χ0) is 18.8. The summed E-state index contributed by atoms with van der Waals surface area (Å²) in [6, 6.07) is 12.9. The summed E-state index contributed by atoms with van der Waals surface area (Å²) in [6.07, 6.45) is 0.305. The molecule has 138 valence electrons. The van der Waals surface area contributed by atoms with Crippen molar-refractivity contribution in [3.05, 3.63) is 69.8 Å². The molecule has 0 aliphatic rings. The Bertz CT molecular complexity index is 645. The highest BCUT2D eigenvalue weighted by Crippen LogP contribution is 2.13. The van der Waals surface area contributed by atoms with Crippen molar-refractivity contribution < 1.29 is 9.47 Å². The van der Waals surface area contributed by atoms with Crippen LogP contribution in [0.15, 0.2) is 36.4 Å². The largest absolute Gasteiger partial charge is 0.377 e. The van der Waals surface area contributed by atoms with Crippen LogP contribution in [0, 0.1) is 27.7 Å². The van der Waals surface area contributed by atoms with Crippen molar-refractivity contribution in [3.8, 4) is 0 Å². The van der Waals surface area contributed by atoms with Crippen molar-refractivity contribution in [3.63, 3.8) is 0 Å². The van der Waals surface area contributed by atoms with Gasteiger partial charge < -0.3 is 9.47 Å². The van der Waals surface area contributed by atoms with E-state index in [2.05, 4.69) is 77.9 Å². The Morgan fingerprint density at radius 3 is 1.68 bits per heavy atom. The second-order valence-electron chi connectivity index (χ2n) is 6.86. The summed E-state index contributed by atoms with van der Waals surface area (Å²) in [5, 5.41) is 0. The number of aryl methyl sites for hydroxylation is 4. The lowest BCUT2D eigenvalue weighted by molar-refractivity contribution is 0.0654. The number of benzene rings is 2. The SMILES string of the molecule is CCOCc1cc(C)ccc1C.Cc1ccc(C)c(COC(C)C)c1. The van der Waals surface area contributed by atoms with Crippen molar-refractivity contribution in [2.75, 3.05) is 6.61 Å². The van der Waals surface area contributed by atoms with Crippen LogP contribution >= 0.6 is 0 Å². The Balaban J connectivity index is 0.000000251. The summed E-state index contributed by atoms with van der Waals surface area (Å²) in [4.78, 5) is 0. The van der Waals surface area contributed by atoms with Gasteiger partial charge in [0.15, 0.2) is 0 Å². The van der Waals surface area contributed by atoms with Crippen LogP contribution < -0.4 is 0 Å². The number of ether oxygens (including phenoxy) is 2. The van der Waals surface area contributed by atoms with Crippen LogP contribution in [-0.2, 0) is 22.7 Å². The lowest BCUT2D eigenvalue weighted by Gasteiger charge is -2.10. The molecule has 25 heavy (non-hydrogen) atoms. The number of hydrogen-bond acceptors (Lipinski definition) is 2. The summed E-state index contributed by atoms with van der Waals surface area (Å²) in [5.41, 5.74) is 7.83. The summed E-state index contributed by atoms with van der Waals surface area (Å²) in [7, 11) is 0. The summed E-state index contributed by atoms with van der Waals surface area (Å²) >= 11 is 0. The van der Waals surface area contributed by atoms with Gasteiger partial charge in [-0.15, -0.1) is 0 Å². The maximum Gasteiger partial charge on any atom is 0.0723 e. The molecule has 0 aromatic heterocycles. The second kappa shape index (κ2) is 11.1. The van der Waals surface area contributed by atoms with Crippen molar-refractivity contribution in [1.29, 1.82) is 0 Å². The molecule has 2 heteroatoms. The van der Waals surface area contributed by atoms with Crippen LogP contribution in [0.4, 0.5) is 0 Å². The fraction of sp³-hybridized carbons (Fsp3) is 0.478. The van der Waals surface area contributed by atoms with E-state index < -0.39 is 0 Å². The minimum Gasteiger partial charge on any atom is -0.377 e. The molecule has 2 aromatic rings. The Kier molecular flexibility index (Phi) is 9.48. The van der Waals surface area contributed by atoms with E-state index in [0.717, 1.165) is 19.8 Å². The molecule has 2 rings (SSSR count). The van der Waals surface area contributed by atoms with Gasteiger partial charge in [0.1, 0.15) is 0 Å². The fourth-order valence-electron chi connectivity index (χ4n) is 2.38. The van der Waals surface area contributed by atoms with Gasteiger partial charge in [0.05, 0.1) is 19.3 Å². The third kappa shape index (κ3) is 8.33. The highest BCUT2D eigenvalue weighted by molar-refractivity contribution is 5.30. The predicted molar refractivity (Wildman–Crippen MR) is 107 cm³/mol. The van der Waals surface area contributed by atoms with E-state index in [9.17, 15) is 0 Å². The Morgan fingerprint density at radius 1 is 0.760 bits per heavy atom. The van der Waals surface area contributed by atoms with Gasteiger partial charge >= 0.3 is 0 Å². The Hall–Kier alpha value is -1.64. The molecule has 0 aliphatic carbocycles. The first-order valence-electron chi connectivity index (χ1n) is 9.15. The number of rotatable bonds is 6. The minimum absolute atomic E-state index is 0.305. The van der Waals surface area contributed by atoms with Crippen molar-refractivity contribution >= 4 is 0 Å². The normalized spacial score (nSPS) is 10.6. The summed E-state index contributed by atoms with van der Waals surface area (Å²) < 4.78 is 10.9. The molecule has 0 radical (unpaired) electrons. The summed E-state index contributed by atoms with van der Waals surface area (Å²) in [5.74, 6) is 0. The molecular formula is C23H34O2. The van der Waals surface area contributed by atoms with Crippen molar-refractivity contribution in [2.24, 2.45) is 0 Å². The molecule has 0 unspecified atom stereocenters. The average Bonchev–Trinajstić information content (AvgIpc) is 2.57. The Morgan fingerprint density at radius 2 is 1.24 bits per heavy atom. The molecule has 0 saturated carbocycles. The van der Waals surface area contributed by atoms with Crippen LogP contribution in [0.1, 0.15) is 54.2 Å².